The minimum absolute atomic E-state index is 0.00761. The van der Waals surface area contributed by atoms with E-state index in [1.165, 1.54) is 81.0 Å². The van der Waals surface area contributed by atoms with Crippen molar-refractivity contribution in [3.05, 3.63) is 70.7 Å². The Morgan fingerprint density at radius 1 is 0.821 bits per heavy atom. The van der Waals surface area contributed by atoms with Gasteiger partial charge in [-0.3, -0.25) is 24.6 Å². The van der Waals surface area contributed by atoms with E-state index >= 15 is 0 Å². The van der Waals surface area contributed by atoms with E-state index < -0.39 is 31.9 Å². The third-order valence-corrected chi connectivity index (χ3v) is 15.4. The largest absolute Gasteiger partial charge is 0.395 e. The number of aromatic nitrogens is 1. The maximum atomic E-state index is 13.3. The number of nitrogens with one attached hydrogen (secondary N) is 2. The van der Waals surface area contributed by atoms with E-state index in [0.717, 1.165) is 26.6 Å². The Hall–Kier alpha value is -4.96. The fourth-order valence-corrected chi connectivity index (χ4v) is 10.1. The highest BCUT2D eigenvalue weighted by molar-refractivity contribution is 7.89. The SMILES string of the molecule is CC(=O)N1CCN(Cc2cnc(NC(=O)/C(=N/O[C@@H]3CCOC3)c3ccc(S(=O)(=O)N(C)CCO)cc3)s2)C[C@@H]1C.CNC(=O)/C(=N/O[C@@H]1CCOC1)c1ccc(S(=O)(=O)N(C)CCO)cc1. The number of hydrogen-bond acceptors (Lipinski definition) is 18. The van der Waals surface area contributed by atoms with Gasteiger partial charge in [0.2, 0.25) is 26.0 Å². The van der Waals surface area contributed by atoms with Crippen LogP contribution in [-0.4, -0.2) is 191 Å². The zero-order chi connectivity index (χ0) is 48.7. The monoisotopic (exact) mass is 993 g/mol. The Morgan fingerprint density at radius 3 is 1.73 bits per heavy atom. The van der Waals surface area contributed by atoms with Gasteiger partial charge < -0.3 is 39.6 Å². The molecule has 3 saturated heterocycles. The first-order valence-corrected chi connectivity index (χ1v) is 25.1. The van der Waals surface area contributed by atoms with E-state index in [9.17, 15) is 31.2 Å². The summed E-state index contributed by atoms with van der Waals surface area (Å²) >= 11 is 1.35. The van der Waals surface area contributed by atoms with E-state index in [2.05, 4.69) is 30.8 Å². The minimum Gasteiger partial charge on any atom is -0.395 e. The number of ether oxygens (including phenoxy) is 2. The number of aliphatic hydroxyl groups is 2. The predicted octanol–water partition coefficient (Wildman–Crippen LogP) is 0.512. The molecule has 0 saturated carbocycles. The van der Waals surface area contributed by atoms with Crippen LogP contribution in [0.1, 0.15) is 42.7 Å². The van der Waals surface area contributed by atoms with Crippen molar-refractivity contribution >= 4 is 65.7 Å². The standard InChI is InChI=1S/C26H36N6O7S2.C16H23N3O6S/c1-18-15-31(9-10-32(18)19(2)34)16-22-14-27-26(40-22)28-25(35)24(29-39-21-8-13-38-17-21)20-4-6-23(7-5-20)41(36,37)30(3)11-12-33;1-17-16(21)15(18-25-13-7-10-24-11-13)12-3-5-14(6-4-12)26(22,23)19(2)8-9-20/h4-7,14,18,21,33H,8-13,15-17H2,1-3H3,(H,27,28,35);3-6,13,20H,7-11H2,1-2H3,(H,17,21)/b29-24+;18-15+/t18-,21+;13-/m01/s1. The predicted molar refractivity (Wildman–Crippen MR) is 247 cm³/mol. The molecule has 3 aromatic rings. The lowest BCUT2D eigenvalue weighted by molar-refractivity contribution is -0.133. The molecule has 1 aromatic heterocycles. The van der Waals surface area contributed by atoms with Crippen molar-refractivity contribution in [1.29, 1.82) is 0 Å². The Bertz CT molecular complexity index is 2410. The van der Waals surface area contributed by atoms with E-state index in [0.29, 0.717) is 68.6 Å². The van der Waals surface area contributed by atoms with Crippen molar-refractivity contribution in [1.82, 2.24) is 28.7 Å². The molecule has 0 unspecified atom stereocenters. The average molecular weight is 994 g/mol. The molecule has 3 atom stereocenters. The van der Waals surface area contributed by atoms with Crippen LogP contribution in [-0.2, 0) is 60.1 Å². The summed E-state index contributed by atoms with van der Waals surface area (Å²) in [5.41, 5.74) is 0.800. The minimum atomic E-state index is -3.80. The number of rotatable bonds is 19. The summed E-state index contributed by atoms with van der Waals surface area (Å²) in [6, 6.07) is 11.6. The molecule has 3 amide bonds. The number of oxime groups is 2. The van der Waals surface area contributed by atoms with Crippen molar-refractivity contribution in [2.75, 3.05) is 98.8 Å². The van der Waals surface area contributed by atoms with Gasteiger partial charge in [-0.2, -0.15) is 8.61 Å². The Labute approximate surface area is 394 Å². The Balaban J connectivity index is 0.000000278. The number of amides is 3. The first kappa shape index (κ1) is 53.0. The van der Waals surface area contributed by atoms with Gasteiger partial charge in [-0.1, -0.05) is 34.6 Å². The van der Waals surface area contributed by atoms with Crippen LogP contribution >= 0.6 is 11.3 Å². The summed E-state index contributed by atoms with van der Waals surface area (Å²) in [6.45, 7) is 7.72. The third kappa shape index (κ3) is 14.5. The molecule has 4 heterocycles. The molecular formula is C42H59N9O13S3. The number of benzene rings is 2. The van der Waals surface area contributed by atoms with E-state index in [1.807, 2.05) is 11.8 Å². The molecule has 2 aromatic carbocycles. The summed E-state index contributed by atoms with van der Waals surface area (Å²) in [5.74, 6) is -0.925. The normalized spacial score (nSPS) is 19.5. The highest BCUT2D eigenvalue weighted by atomic mass is 32.2. The molecule has 3 aliphatic heterocycles. The molecule has 0 aliphatic carbocycles. The lowest BCUT2D eigenvalue weighted by Crippen LogP contribution is -2.52. The van der Waals surface area contributed by atoms with Gasteiger partial charge in [-0.15, -0.1) is 11.3 Å². The maximum Gasteiger partial charge on any atom is 0.280 e. The van der Waals surface area contributed by atoms with Crippen LogP contribution in [0.25, 0.3) is 0 Å². The van der Waals surface area contributed by atoms with Crippen molar-refractivity contribution in [2.45, 2.75) is 61.3 Å². The molecule has 0 spiro atoms. The lowest BCUT2D eigenvalue weighted by atomic mass is 10.1. The third-order valence-electron chi connectivity index (χ3n) is 10.8. The van der Waals surface area contributed by atoms with Crippen LogP contribution in [0.2, 0.25) is 0 Å². The van der Waals surface area contributed by atoms with Gasteiger partial charge in [0.05, 0.1) is 49.4 Å². The molecule has 25 heteroatoms. The lowest BCUT2D eigenvalue weighted by Gasteiger charge is -2.39. The summed E-state index contributed by atoms with van der Waals surface area (Å²) in [7, 11) is -3.28. The average Bonchev–Trinajstić information content (AvgIpc) is 4.12. The molecule has 22 nitrogen and oxygen atoms in total. The first-order chi connectivity index (χ1) is 32.0. The second-order valence-electron chi connectivity index (χ2n) is 15.7. The van der Waals surface area contributed by atoms with Gasteiger partial charge in [0.15, 0.2) is 28.8 Å². The number of carbonyl (C=O) groups is 3. The number of carbonyl (C=O) groups excluding carboxylic acids is 3. The Kier molecular flexibility index (Phi) is 19.7. The first-order valence-electron chi connectivity index (χ1n) is 21.4. The van der Waals surface area contributed by atoms with Crippen LogP contribution in [0.3, 0.4) is 0 Å². The fourth-order valence-electron chi connectivity index (χ4n) is 6.93. The highest BCUT2D eigenvalue weighted by Gasteiger charge is 2.28. The molecule has 368 valence electrons. The van der Waals surface area contributed by atoms with Crippen LogP contribution < -0.4 is 10.6 Å². The van der Waals surface area contributed by atoms with Gasteiger partial charge in [-0.25, -0.2) is 21.8 Å². The molecule has 67 heavy (non-hydrogen) atoms. The molecule has 0 bridgehead atoms. The van der Waals surface area contributed by atoms with Gasteiger partial charge in [0.25, 0.3) is 11.8 Å². The van der Waals surface area contributed by atoms with Crippen molar-refractivity contribution < 1.29 is 60.6 Å². The van der Waals surface area contributed by atoms with Crippen LogP contribution in [0, 0.1) is 0 Å². The number of sulfonamides is 2. The van der Waals surface area contributed by atoms with Gasteiger partial charge in [0.1, 0.15) is 0 Å². The summed E-state index contributed by atoms with van der Waals surface area (Å²) in [6.07, 6.45) is 2.55. The molecule has 4 N–H and O–H groups in total. The van der Waals surface area contributed by atoms with Crippen molar-refractivity contribution in [3.63, 3.8) is 0 Å². The number of piperazine rings is 1. The topological polar surface area (TPSA) is 272 Å². The van der Waals surface area contributed by atoms with Crippen LogP contribution in [0.5, 0.6) is 0 Å². The smallest absolute Gasteiger partial charge is 0.280 e. The van der Waals surface area contributed by atoms with E-state index in [4.69, 9.17) is 29.4 Å². The zero-order valence-electron chi connectivity index (χ0n) is 38.1. The molecule has 0 radical (unpaired) electrons. The molecule has 6 rings (SSSR count). The van der Waals surface area contributed by atoms with Crippen molar-refractivity contribution in [2.24, 2.45) is 10.3 Å². The van der Waals surface area contributed by atoms with E-state index in [1.54, 1.807) is 13.1 Å². The molecule has 3 fully saturated rings. The van der Waals surface area contributed by atoms with Crippen LogP contribution in [0.15, 0.2) is 74.8 Å². The number of thiazole rings is 1. The molecular weight excluding hydrogens is 935 g/mol. The number of likely N-dealkylation sites (N-methyl/N-ethyl adjacent to an activating group) is 3. The number of aliphatic hydroxyl groups excluding tert-OH is 2. The number of hydrogen-bond donors (Lipinski definition) is 4. The summed E-state index contributed by atoms with van der Waals surface area (Å²) in [4.78, 5) is 57.6. The Morgan fingerprint density at radius 2 is 1.31 bits per heavy atom. The number of nitrogens with zero attached hydrogens (tertiary/aromatic N) is 7. The van der Waals surface area contributed by atoms with Crippen LogP contribution in [0.4, 0.5) is 5.13 Å². The second kappa shape index (κ2) is 24.9. The van der Waals surface area contributed by atoms with E-state index in [-0.39, 0.29) is 71.7 Å². The quantitative estimate of drug-likeness (QED) is 0.0942. The fraction of sp³-hybridized carbons (Fsp3) is 0.524. The van der Waals surface area contributed by atoms with Gasteiger partial charge >= 0.3 is 0 Å². The highest BCUT2D eigenvalue weighted by Crippen LogP contribution is 2.23. The number of anilines is 1. The maximum absolute atomic E-state index is 13.3. The summed E-state index contributed by atoms with van der Waals surface area (Å²) in [5, 5.41) is 31.7. The van der Waals surface area contributed by atoms with Gasteiger partial charge in [0, 0.05) is 108 Å². The zero-order valence-corrected chi connectivity index (χ0v) is 40.5. The van der Waals surface area contributed by atoms with Crippen molar-refractivity contribution in [3.8, 4) is 0 Å². The second-order valence-corrected chi connectivity index (χ2v) is 20.9. The van der Waals surface area contributed by atoms with Gasteiger partial charge in [-0.05, 0) is 31.2 Å². The molecule has 3 aliphatic rings. The summed E-state index contributed by atoms with van der Waals surface area (Å²) < 4.78 is 62.8.